The number of allylic oxidation sites excluding steroid dienone is 1. The Kier molecular flexibility index (Phi) is 6.23. The van der Waals surface area contributed by atoms with Gasteiger partial charge in [-0.3, -0.25) is 0 Å². The highest BCUT2D eigenvalue weighted by Crippen LogP contribution is 2.40. The molecule has 0 atom stereocenters. The van der Waals surface area contributed by atoms with Crippen LogP contribution in [0.2, 0.25) is 0 Å². The minimum Gasteiger partial charge on any atom is -0.493 e. The fourth-order valence-electron chi connectivity index (χ4n) is 2.24. The molecule has 0 spiro atoms. The van der Waals surface area contributed by atoms with E-state index in [9.17, 15) is 4.79 Å². The Labute approximate surface area is 147 Å². The maximum atomic E-state index is 12.3. The van der Waals surface area contributed by atoms with Crippen LogP contribution in [-0.4, -0.2) is 20.2 Å². The number of ether oxygens (including phenoxy) is 4. The van der Waals surface area contributed by atoms with E-state index in [2.05, 4.69) is 6.58 Å². The summed E-state index contributed by atoms with van der Waals surface area (Å²) < 4.78 is 21.6. The molecule has 0 heterocycles. The van der Waals surface area contributed by atoms with Crippen molar-refractivity contribution in [2.45, 2.75) is 6.92 Å². The van der Waals surface area contributed by atoms with Crippen molar-refractivity contribution in [3.8, 4) is 17.2 Å². The van der Waals surface area contributed by atoms with Crippen LogP contribution in [0.3, 0.4) is 0 Å². The van der Waals surface area contributed by atoms with Crippen LogP contribution >= 0.6 is 0 Å². The first-order chi connectivity index (χ1) is 12.1. The first kappa shape index (κ1) is 18.1. The molecule has 0 bridgehead atoms. The predicted molar refractivity (Wildman–Crippen MR) is 95.9 cm³/mol. The molecule has 5 heteroatoms. The molecule has 2 aromatic rings. The summed E-state index contributed by atoms with van der Waals surface area (Å²) in [5, 5.41) is 0. The van der Waals surface area contributed by atoms with Crippen molar-refractivity contribution in [2.24, 2.45) is 0 Å². The first-order valence-electron chi connectivity index (χ1n) is 7.62. The average Bonchev–Trinajstić information content (AvgIpc) is 2.66. The highest BCUT2D eigenvalue weighted by atomic mass is 16.6. The Hall–Kier alpha value is -3.21. The van der Waals surface area contributed by atoms with Crippen molar-refractivity contribution in [2.75, 3.05) is 14.2 Å². The first-order valence-corrected chi connectivity index (χ1v) is 7.62. The lowest BCUT2D eigenvalue weighted by Gasteiger charge is -2.16. The van der Waals surface area contributed by atoms with Gasteiger partial charge in [-0.15, -0.1) is 0 Å². The van der Waals surface area contributed by atoms with Crippen molar-refractivity contribution in [1.82, 2.24) is 0 Å². The Morgan fingerprint density at radius 3 is 2.08 bits per heavy atom. The molecule has 130 valence electrons. The zero-order valence-electron chi connectivity index (χ0n) is 14.4. The number of hydrogen-bond acceptors (Lipinski definition) is 5. The number of benzene rings is 2. The summed E-state index contributed by atoms with van der Waals surface area (Å²) in [5.41, 5.74) is 1.13. The number of esters is 1. The van der Waals surface area contributed by atoms with Gasteiger partial charge < -0.3 is 18.9 Å². The molecule has 2 aromatic carbocycles. The quantitative estimate of drug-likeness (QED) is 0.424. The van der Waals surface area contributed by atoms with E-state index in [1.165, 1.54) is 20.5 Å². The van der Waals surface area contributed by atoms with E-state index in [1.807, 2.05) is 13.0 Å². The summed E-state index contributed by atoms with van der Waals surface area (Å²) >= 11 is 0. The maximum Gasteiger partial charge on any atom is 0.343 e. The Morgan fingerprint density at radius 2 is 1.60 bits per heavy atom. The number of hydrogen-bond donors (Lipinski definition) is 0. The predicted octanol–water partition coefficient (Wildman–Crippen LogP) is 4.44. The summed E-state index contributed by atoms with van der Waals surface area (Å²) in [5.74, 6) is 0.985. The van der Waals surface area contributed by atoms with Gasteiger partial charge in [-0.05, 0) is 37.3 Å². The second kappa shape index (κ2) is 8.59. The van der Waals surface area contributed by atoms with Crippen LogP contribution in [0.4, 0.5) is 0 Å². The fraction of sp³-hybridized carbons (Fsp3) is 0.150. The standard InChI is InChI=1S/C20H20O5/c1-5-16(24-6-2)15-12-17(22-3)19(18(13-15)23-4)25-20(21)14-10-8-7-9-11-14/h5-13H,2H2,1,3-4H3/b16-5-. The van der Waals surface area contributed by atoms with Crippen molar-refractivity contribution in [3.63, 3.8) is 0 Å². The monoisotopic (exact) mass is 340 g/mol. The summed E-state index contributed by atoms with van der Waals surface area (Å²) in [4.78, 5) is 12.3. The Morgan fingerprint density at radius 1 is 1.00 bits per heavy atom. The van der Waals surface area contributed by atoms with Gasteiger partial charge in [0.25, 0.3) is 0 Å². The zero-order valence-corrected chi connectivity index (χ0v) is 14.4. The molecule has 0 fully saturated rings. The third-order valence-corrected chi connectivity index (χ3v) is 3.42. The molecule has 0 amide bonds. The number of methoxy groups -OCH3 is 2. The topological polar surface area (TPSA) is 54.0 Å². The van der Waals surface area contributed by atoms with Crippen molar-refractivity contribution < 1.29 is 23.7 Å². The molecule has 25 heavy (non-hydrogen) atoms. The molecule has 0 aliphatic carbocycles. The van der Waals surface area contributed by atoms with Gasteiger partial charge in [-0.25, -0.2) is 4.79 Å². The van der Waals surface area contributed by atoms with Crippen molar-refractivity contribution in [1.29, 1.82) is 0 Å². The summed E-state index contributed by atoms with van der Waals surface area (Å²) in [6, 6.07) is 12.1. The maximum absolute atomic E-state index is 12.3. The van der Waals surface area contributed by atoms with Crippen LogP contribution in [0.1, 0.15) is 22.8 Å². The van der Waals surface area contributed by atoms with E-state index >= 15 is 0 Å². The molecule has 0 saturated carbocycles. The number of rotatable bonds is 7. The Balaban J connectivity index is 2.44. The van der Waals surface area contributed by atoms with E-state index in [0.29, 0.717) is 28.4 Å². The van der Waals surface area contributed by atoms with Crippen LogP contribution in [0.25, 0.3) is 5.76 Å². The van der Waals surface area contributed by atoms with Gasteiger partial charge in [0.2, 0.25) is 5.75 Å². The van der Waals surface area contributed by atoms with Gasteiger partial charge >= 0.3 is 5.97 Å². The van der Waals surface area contributed by atoms with Gasteiger partial charge in [0.1, 0.15) is 5.76 Å². The van der Waals surface area contributed by atoms with E-state index in [-0.39, 0.29) is 5.75 Å². The molecule has 0 radical (unpaired) electrons. The zero-order chi connectivity index (χ0) is 18.2. The summed E-state index contributed by atoms with van der Waals surface area (Å²) in [6.45, 7) is 5.39. The van der Waals surface area contributed by atoms with Crippen LogP contribution in [0, 0.1) is 0 Å². The van der Waals surface area contributed by atoms with Gasteiger partial charge in [0.05, 0.1) is 26.0 Å². The Bertz CT molecular complexity index is 753. The molecule has 2 rings (SSSR count). The minimum absolute atomic E-state index is 0.205. The van der Waals surface area contributed by atoms with Crippen LogP contribution in [-0.2, 0) is 4.74 Å². The lowest BCUT2D eigenvalue weighted by atomic mass is 10.1. The highest BCUT2D eigenvalue weighted by Gasteiger charge is 2.20. The third kappa shape index (κ3) is 4.20. The third-order valence-electron chi connectivity index (χ3n) is 3.42. The molecule has 0 unspecified atom stereocenters. The lowest BCUT2D eigenvalue weighted by molar-refractivity contribution is 0.0724. The average molecular weight is 340 g/mol. The molecule has 0 aliphatic rings. The summed E-state index contributed by atoms with van der Waals surface area (Å²) in [6.07, 6.45) is 3.11. The molecule has 0 saturated heterocycles. The largest absolute Gasteiger partial charge is 0.493 e. The molecule has 0 aromatic heterocycles. The molecule has 0 aliphatic heterocycles. The van der Waals surface area contributed by atoms with Crippen molar-refractivity contribution in [3.05, 3.63) is 72.5 Å². The van der Waals surface area contributed by atoms with Crippen LogP contribution in [0.15, 0.2) is 61.4 Å². The van der Waals surface area contributed by atoms with E-state index in [4.69, 9.17) is 18.9 Å². The summed E-state index contributed by atoms with van der Waals surface area (Å²) in [7, 11) is 2.98. The van der Waals surface area contributed by atoms with E-state index < -0.39 is 5.97 Å². The molecule has 5 nitrogen and oxygen atoms in total. The second-order valence-corrected chi connectivity index (χ2v) is 4.90. The van der Waals surface area contributed by atoms with Crippen molar-refractivity contribution >= 4 is 11.7 Å². The number of carbonyl (C=O) groups excluding carboxylic acids is 1. The molecule has 0 N–H and O–H groups in total. The highest BCUT2D eigenvalue weighted by molar-refractivity contribution is 5.91. The van der Waals surface area contributed by atoms with Crippen LogP contribution < -0.4 is 14.2 Å². The molecular formula is C20H20O5. The van der Waals surface area contributed by atoms with Crippen LogP contribution in [0.5, 0.6) is 17.2 Å². The fourth-order valence-corrected chi connectivity index (χ4v) is 2.24. The second-order valence-electron chi connectivity index (χ2n) is 4.90. The minimum atomic E-state index is -0.501. The normalized spacial score (nSPS) is 10.8. The van der Waals surface area contributed by atoms with Gasteiger partial charge in [-0.1, -0.05) is 24.8 Å². The van der Waals surface area contributed by atoms with Gasteiger partial charge in [0.15, 0.2) is 11.5 Å². The SMILES string of the molecule is C=CO/C(=C\C)c1cc(OC)c(OC(=O)c2ccccc2)c(OC)c1. The van der Waals surface area contributed by atoms with E-state index in [0.717, 1.165) is 0 Å². The lowest BCUT2D eigenvalue weighted by Crippen LogP contribution is -2.10. The van der Waals surface area contributed by atoms with E-state index in [1.54, 1.807) is 42.5 Å². The smallest absolute Gasteiger partial charge is 0.343 e. The number of carbonyl (C=O) groups is 1. The van der Waals surface area contributed by atoms with Gasteiger partial charge in [-0.2, -0.15) is 0 Å². The molecular weight excluding hydrogens is 320 g/mol. The van der Waals surface area contributed by atoms with Gasteiger partial charge in [0, 0.05) is 5.56 Å².